The predicted octanol–water partition coefficient (Wildman–Crippen LogP) is 2.24. The smallest absolute Gasteiger partial charge is 0.323 e. The van der Waals surface area contributed by atoms with Crippen LogP contribution < -0.4 is 5.32 Å². The lowest BCUT2D eigenvalue weighted by molar-refractivity contribution is -0.144. The van der Waals surface area contributed by atoms with Gasteiger partial charge in [-0.2, -0.15) is 5.26 Å². The molecule has 0 saturated heterocycles. The largest absolute Gasteiger partial charge is 0.468 e. The van der Waals surface area contributed by atoms with E-state index in [2.05, 4.69) is 11.4 Å². The van der Waals surface area contributed by atoms with Gasteiger partial charge in [0.05, 0.1) is 18.7 Å². The zero-order valence-corrected chi connectivity index (χ0v) is 11.6. The molecule has 0 radical (unpaired) electrons. The summed E-state index contributed by atoms with van der Waals surface area (Å²) in [6.07, 6.45) is 0.903. The zero-order valence-electron chi connectivity index (χ0n) is 11.6. The molecule has 0 aliphatic rings. The summed E-state index contributed by atoms with van der Waals surface area (Å²) in [6, 6.07) is 9.09. The second-order valence-corrected chi connectivity index (χ2v) is 4.58. The van der Waals surface area contributed by atoms with Crippen LogP contribution in [0, 0.1) is 17.2 Å². The number of ether oxygens (including phenoxy) is 1. The van der Waals surface area contributed by atoms with Crippen molar-refractivity contribution in [2.75, 3.05) is 7.11 Å². The average Bonchev–Trinajstić information content (AvgIpc) is 2.47. The number of nitrogens with one attached hydrogen (secondary N) is 1. The third-order valence-electron chi connectivity index (χ3n) is 3.28. The summed E-state index contributed by atoms with van der Waals surface area (Å²) < 4.78 is 4.82. The highest BCUT2D eigenvalue weighted by atomic mass is 16.5. The van der Waals surface area contributed by atoms with Gasteiger partial charge >= 0.3 is 5.97 Å². The monoisotopic (exact) mass is 260 g/mol. The molecule has 0 aromatic heterocycles. The number of nitriles is 1. The molecule has 2 atom stereocenters. The predicted molar refractivity (Wildman–Crippen MR) is 73.3 cm³/mol. The van der Waals surface area contributed by atoms with Gasteiger partial charge in [0.15, 0.2) is 0 Å². The third-order valence-corrected chi connectivity index (χ3v) is 3.28. The van der Waals surface area contributed by atoms with Crippen molar-refractivity contribution in [1.29, 1.82) is 5.26 Å². The van der Waals surface area contributed by atoms with Crippen LogP contribution in [-0.2, 0) is 16.1 Å². The van der Waals surface area contributed by atoms with Gasteiger partial charge < -0.3 is 10.1 Å². The Labute approximate surface area is 114 Å². The van der Waals surface area contributed by atoms with Gasteiger partial charge in [-0.1, -0.05) is 32.4 Å². The van der Waals surface area contributed by atoms with E-state index in [1.165, 1.54) is 7.11 Å². The summed E-state index contributed by atoms with van der Waals surface area (Å²) in [6.45, 7) is 4.65. The van der Waals surface area contributed by atoms with E-state index in [9.17, 15) is 4.79 Å². The van der Waals surface area contributed by atoms with Crippen molar-refractivity contribution in [2.45, 2.75) is 32.9 Å². The molecule has 1 N–H and O–H groups in total. The van der Waals surface area contributed by atoms with Crippen LogP contribution in [0.4, 0.5) is 0 Å². The summed E-state index contributed by atoms with van der Waals surface area (Å²) in [5.74, 6) is -0.0196. The van der Waals surface area contributed by atoms with Gasteiger partial charge in [0.25, 0.3) is 0 Å². The quantitative estimate of drug-likeness (QED) is 0.797. The van der Waals surface area contributed by atoms with Crippen LogP contribution in [-0.4, -0.2) is 19.1 Å². The van der Waals surface area contributed by atoms with E-state index in [4.69, 9.17) is 10.00 Å². The topological polar surface area (TPSA) is 62.1 Å². The maximum atomic E-state index is 11.7. The van der Waals surface area contributed by atoms with Crippen LogP contribution in [0.5, 0.6) is 0 Å². The Kier molecular flexibility index (Phi) is 6.04. The van der Waals surface area contributed by atoms with Gasteiger partial charge in [-0.3, -0.25) is 4.79 Å². The van der Waals surface area contributed by atoms with E-state index in [-0.39, 0.29) is 17.9 Å². The number of hydrogen-bond donors (Lipinski definition) is 1. The Morgan fingerprint density at radius 1 is 1.42 bits per heavy atom. The molecule has 1 aromatic rings. The number of nitrogens with zero attached hydrogens (tertiary/aromatic N) is 1. The van der Waals surface area contributed by atoms with Crippen LogP contribution >= 0.6 is 0 Å². The van der Waals surface area contributed by atoms with E-state index in [0.29, 0.717) is 12.1 Å². The van der Waals surface area contributed by atoms with Crippen molar-refractivity contribution in [3.05, 3.63) is 35.4 Å². The number of methoxy groups -OCH3 is 1. The maximum Gasteiger partial charge on any atom is 0.323 e. The van der Waals surface area contributed by atoms with E-state index in [1.807, 2.05) is 26.0 Å². The Balaban J connectivity index is 2.65. The van der Waals surface area contributed by atoms with Gasteiger partial charge in [-0.05, 0) is 23.6 Å². The number of rotatable bonds is 6. The van der Waals surface area contributed by atoms with Crippen LogP contribution in [0.25, 0.3) is 0 Å². The van der Waals surface area contributed by atoms with Crippen LogP contribution in [0.3, 0.4) is 0 Å². The second-order valence-electron chi connectivity index (χ2n) is 4.58. The molecular weight excluding hydrogens is 240 g/mol. The second kappa shape index (κ2) is 7.55. The van der Waals surface area contributed by atoms with Crippen molar-refractivity contribution >= 4 is 5.97 Å². The van der Waals surface area contributed by atoms with E-state index in [1.54, 1.807) is 12.1 Å². The van der Waals surface area contributed by atoms with Crippen LogP contribution in [0.2, 0.25) is 0 Å². The number of esters is 1. The highest BCUT2D eigenvalue weighted by molar-refractivity contribution is 5.75. The van der Waals surface area contributed by atoms with Crippen molar-refractivity contribution in [3.63, 3.8) is 0 Å². The number of carbonyl (C=O) groups is 1. The first-order valence-electron chi connectivity index (χ1n) is 6.42. The molecule has 19 heavy (non-hydrogen) atoms. The summed E-state index contributed by atoms with van der Waals surface area (Å²) in [7, 11) is 1.40. The standard InChI is InChI=1S/C15H20N2O2/c1-4-11(2)14(15(18)19-3)17-10-13-7-5-12(9-16)6-8-13/h5-8,11,14,17H,4,10H2,1-3H3. The molecule has 102 valence electrons. The van der Waals surface area contributed by atoms with Gasteiger partial charge in [-0.25, -0.2) is 0 Å². The van der Waals surface area contributed by atoms with Crippen LogP contribution in [0.15, 0.2) is 24.3 Å². The molecule has 4 nitrogen and oxygen atoms in total. The first kappa shape index (κ1) is 15.2. The molecule has 0 aliphatic heterocycles. The Bertz CT molecular complexity index is 448. The highest BCUT2D eigenvalue weighted by Crippen LogP contribution is 2.11. The molecule has 0 aliphatic carbocycles. The fourth-order valence-corrected chi connectivity index (χ4v) is 1.80. The minimum Gasteiger partial charge on any atom is -0.468 e. The Hall–Kier alpha value is -1.86. The number of benzene rings is 1. The number of hydrogen-bond acceptors (Lipinski definition) is 4. The molecule has 4 heteroatoms. The average molecular weight is 260 g/mol. The highest BCUT2D eigenvalue weighted by Gasteiger charge is 2.23. The van der Waals surface area contributed by atoms with Crippen molar-refractivity contribution in [3.8, 4) is 6.07 Å². The van der Waals surface area contributed by atoms with Gasteiger partial charge in [0.1, 0.15) is 6.04 Å². The third kappa shape index (κ3) is 4.38. The maximum absolute atomic E-state index is 11.7. The minimum atomic E-state index is -0.300. The fourth-order valence-electron chi connectivity index (χ4n) is 1.80. The molecule has 0 heterocycles. The lowest BCUT2D eigenvalue weighted by Crippen LogP contribution is -2.42. The van der Waals surface area contributed by atoms with E-state index in [0.717, 1.165) is 12.0 Å². The molecular formula is C15H20N2O2. The van der Waals surface area contributed by atoms with Gasteiger partial charge in [-0.15, -0.1) is 0 Å². The first-order valence-corrected chi connectivity index (χ1v) is 6.42. The molecule has 2 unspecified atom stereocenters. The lowest BCUT2D eigenvalue weighted by atomic mass is 9.99. The van der Waals surface area contributed by atoms with Gasteiger partial charge in [0.2, 0.25) is 0 Å². The molecule has 0 saturated carbocycles. The Morgan fingerprint density at radius 2 is 2.05 bits per heavy atom. The SMILES string of the molecule is CCC(C)C(NCc1ccc(C#N)cc1)C(=O)OC. The van der Waals surface area contributed by atoms with Gasteiger partial charge in [0, 0.05) is 6.54 Å². The van der Waals surface area contributed by atoms with Crippen molar-refractivity contribution < 1.29 is 9.53 Å². The van der Waals surface area contributed by atoms with E-state index >= 15 is 0 Å². The summed E-state index contributed by atoms with van der Waals surface area (Å²) >= 11 is 0. The summed E-state index contributed by atoms with van der Waals surface area (Å²) in [5, 5.41) is 11.9. The lowest BCUT2D eigenvalue weighted by Gasteiger charge is -2.21. The minimum absolute atomic E-state index is 0.214. The Morgan fingerprint density at radius 3 is 2.53 bits per heavy atom. The summed E-state index contributed by atoms with van der Waals surface area (Å²) in [4.78, 5) is 11.7. The molecule has 1 rings (SSSR count). The molecule has 0 fully saturated rings. The summed E-state index contributed by atoms with van der Waals surface area (Å²) in [5.41, 5.74) is 1.67. The molecule has 1 aromatic carbocycles. The molecule has 0 amide bonds. The van der Waals surface area contributed by atoms with Crippen molar-refractivity contribution in [2.24, 2.45) is 5.92 Å². The first-order chi connectivity index (χ1) is 9.12. The zero-order chi connectivity index (χ0) is 14.3. The molecule has 0 bridgehead atoms. The fraction of sp³-hybridized carbons (Fsp3) is 0.467. The van der Waals surface area contributed by atoms with E-state index < -0.39 is 0 Å². The molecule has 0 spiro atoms. The number of carbonyl (C=O) groups excluding carboxylic acids is 1. The van der Waals surface area contributed by atoms with Crippen molar-refractivity contribution in [1.82, 2.24) is 5.32 Å². The van der Waals surface area contributed by atoms with Crippen LogP contribution in [0.1, 0.15) is 31.4 Å². The normalized spacial score (nSPS) is 13.4.